The number of amides is 1. The van der Waals surface area contributed by atoms with Crippen molar-refractivity contribution in [1.82, 2.24) is 14.5 Å². The van der Waals surface area contributed by atoms with Crippen LogP contribution in [-0.2, 0) is 21.2 Å². The van der Waals surface area contributed by atoms with E-state index in [0.29, 0.717) is 26.2 Å². The summed E-state index contributed by atoms with van der Waals surface area (Å²) in [5.74, 6) is 1.57. The fourth-order valence-corrected chi connectivity index (χ4v) is 6.77. The average Bonchev–Trinajstić information content (AvgIpc) is 3.34. The number of carbonyl (C=O) groups is 1. The summed E-state index contributed by atoms with van der Waals surface area (Å²) in [4.78, 5) is 19.1. The number of hydrogen-bond acceptors (Lipinski definition) is 7. The first kappa shape index (κ1) is 22.0. The van der Waals surface area contributed by atoms with Gasteiger partial charge in [0.1, 0.15) is 13.2 Å². The summed E-state index contributed by atoms with van der Waals surface area (Å²) in [6.07, 6.45) is 2.31. The Hall–Kier alpha value is -2.20. The van der Waals surface area contributed by atoms with Crippen molar-refractivity contribution >= 4 is 27.5 Å². The van der Waals surface area contributed by atoms with Crippen LogP contribution >= 0.6 is 11.8 Å². The first-order chi connectivity index (χ1) is 14.8. The number of carbonyl (C=O) groups excluding carboxylic acids is 1. The van der Waals surface area contributed by atoms with Gasteiger partial charge in [-0.15, -0.1) is 0 Å². The van der Waals surface area contributed by atoms with Gasteiger partial charge in [-0.2, -0.15) is 0 Å². The highest BCUT2D eigenvalue weighted by atomic mass is 32.2. The fraction of sp³-hybridized carbons (Fsp3) is 0.524. The van der Waals surface area contributed by atoms with Crippen LogP contribution in [0.4, 0.5) is 0 Å². The van der Waals surface area contributed by atoms with Crippen molar-refractivity contribution in [1.29, 1.82) is 0 Å². The number of aromatic nitrogens is 2. The van der Waals surface area contributed by atoms with E-state index in [1.54, 1.807) is 11.9 Å². The molecular weight excluding hydrogens is 438 g/mol. The van der Waals surface area contributed by atoms with Crippen molar-refractivity contribution in [2.75, 3.05) is 31.8 Å². The Morgan fingerprint density at radius 3 is 2.74 bits per heavy atom. The molecule has 1 saturated heterocycles. The van der Waals surface area contributed by atoms with Crippen LogP contribution in [0.5, 0.6) is 11.5 Å². The topological polar surface area (TPSA) is 90.7 Å². The molecule has 10 heteroatoms. The summed E-state index contributed by atoms with van der Waals surface area (Å²) in [5, 5.41) is 0.370. The number of fused-ring (bicyclic) bond motifs is 1. The molecule has 1 amide bonds. The van der Waals surface area contributed by atoms with Crippen LogP contribution in [0.15, 0.2) is 29.6 Å². The minimum Gasteiger partial charge on any atom is -0.486 e. The largest absolute Gasteiger partial charge is 0.486 e. The number of rotatable bonds is 6. The molecule has 31 heavy (non-hydrogen) atoms. The molecule has 1 aromatic heterocycles. The monoisotopic (exact) mass is 465 g/mol. The van der Waals surface area contributed by atoms with Gasteiger partial charge in [0.2, 0.25) is 5.91 Å². The molecule has 0 saturated carbocycles. The van der Waals surface area contributed by atoms with E-state index in [0.717, 1.165) is 27.9 Å². The first-order valence-electron chi connectivity index (χ1n) is 10.4. The highest BCUT2D eigenvalue weighted by Gasteiger charge is 2.34. The SMILES string of the molecule is CCn1c(-c2ccc3c(c2)OCCO3)cnc1SC(C)C(=O)N(C)C1CCS(=O)(=O)C1. The molecule has 2 aliphatic rings. The van der Waals surface area contributed by atoms with E-state index in [9.17, 15) is 13.2 Å². The van der Waals surface area contributed by atoms with E-state index in [-0.39, 0.29) is 28.7 Å². The highest BCUT2D eigenvalue weighted by Crippen LogP contribution is 2.36. The van der Waals surface area contributed by atoms with Crippen molar-refractivity contribution < 1.29 is 22.7 Å². The van der Waals surface area contributed by atoms with Gasteiger partial charge >= 0.3 is 0 Å². The van der Waals surface area contributed by atoms with Gasteiger partial charge in [0.05, 0.1) is 28.6 Å². The lowest BCUT2D eigenvalue weighted by Gasteiger charge is -2.26. The predicted molar refractivity (Wildman–Crippen MR) is 119 cm³/mol. The van der Waals surface area contributed by atoms with E-state index in [1.807, 2.05) is 38.2 Å². The lowest BCUT2D eigenvalue weighted by Crippen LogP contribution is -2.41. The number of imidazole rings is 1. The summed E-state index contributed by atoms with van der Waals surface area (Å²) in [7, 11) is -1.35. The van der Waals surface area contributed by atoms with Crippen LogP contribution in [0, 0.1) is 0 Å². The van der Waals surface area contributed by atoms with Crippen LogP contribution in [0.2, 0.25) is 0 Å². The van der Waals surface area contributed by atoms with Gasteiger partial charge < -0.3 is 18.9 Å². The highest BCUT2D eigenvalue weighted by molar-refractivity contribution is 8.00. The quantitative estimate of drug-likeness (QED) is 0.605. The molecule has 2 atom stereocenters. The van der Waals surface area contributed by atoms with Crippen molar-refractivity contribution in [2.45, 2.75) is 43.3 Å². The lowest BCUT2D eigenvalue weighted by atomic mass is 10.1. The molecule has 168 valence electrons. The third-order valence-electron chi connectivity index (χ3n) is 5.71. The minimum atomic E-state index is -3.04. The molecule has 1 fully saturated rings. The molecule has 2 unspecified atom stereocenters. The summed E-state index contributed by atoms with van der Waals surface area (Å²) >= 11 is 1.39. The van der Waals surface area contributed by atoms with Crippen LogP contribution in [0.1, 0.15) is 20.3 Å². The van der Waals surface area contributed by atoms with Crippen molar-refractivity contribution in [3.63, 3.8) is 0 Å². The molecule has 0 radical (unpaired) electrons. The number of hydrogen-bond donors (Lipinski definition) is 0. The first-order valence-corrected chi connectivity index (χ1v) is 13.1. The van der Waals surface area contributed by atoms with E-state index in [4.69, 9.17) is 9.47 Å². The second-order valence-electron chi connectivity index (χ2n) is 7.79. The van der Waals surface area contributed by atoms with Gasteiger partial charge in [-0.05, 0) is 38.5 Å². The summed E-state index contributed by atoms with van der Waals surface area (Å²) in [6.45, 7) is 5.65. The number of ether oxygens (including phenoxy) is 2. The standard InChI is InChI=1S/C21H27N3O5S2/c1-4-24-17(15-5-6-18-19(11-15)29-9-8-28-18)12-22-21(24)30-14(2)20(25)23(3)16-7-10-31(26,27)13-16/h5-6,11-12,14,16H,4,7-10,13H2,1-3H3. The van der Waals surface area contributed by atoms with E-state index < -0.39 is 9.84 Å². The van der Waals surface area contributed by atoms with Gasteiger partial charge in [-0.25, -0.2) is 13.4 Å². The number of nitrogens with zero attached hydrogens (tertiary/aromatic N) is 3. The zero-order chi connectivity index (χ0) is 22.2. The Bertz CT molecular complexity index is 1080. The van der Waals surface area contributed by atoms with Crippen molar-refractivity contribution in [2.24, 2.45) is 0 Å². The van der Waals surface area contributed by atoms with E-state index in [1.165, 1.54) is 11.8 Å². The van der Waals surface area contributed by atoms with Gasteiger partial charge in [0, 0.05) is 25.2 Å². The number of sulfone groups is 1. The molecule has 2 aliphatic heterocycles. The average molecular weight is 466 g/mol. The van der Waals surface area contributed by atoms with E-state index in [2.05, 4.69) is 9.55 Å². The molecule has 0 N–H and O–H groups in total. The maximum Gasteiger partial charge on any atom is 0.235 e. The maximum atomic E-state index is 12.9. The molecular formula is C21H27N3O5S2. The zero-order valence-corrected chi connectivity index (χ0v) is 19.5. The Morgan fingerprint density at radius 2 is 2.06 bits per heavy atom. The number of thioether (sulfide) groups is 1. The second kappa shape index (κ2) is 8.74. The van der Waals surface area contributed by atoms with Gasteiger partial charge in [-0.3, -0.25) is 4.79 Å². The van der Waals surface area contributed by atoms with Gasteiger partial charge in [0.15, 0.2) is 26.5 Å². The normalized spacial score (nSPS) is 20.4. The van der Waals surface area contributed by atoms with Crippen molar-refractivity contribution in [3.8, 4) is 22.8 Å². The Morgan fingerprint density at radius 1 is 1.32 bits per heavy atom. The lowest BCUT2D eigenvalue weighted by molar-refractivity contribution is -0.130. The van der Waals surface area contributed by atoms with Crippen LogP contribution < -0.4 is 9.47 Å². The van der Waals surface area contributed by atoms with Crippen LogP contribution in [0.25, 0.3) is 11.3 Å². The maximum absolute atomic E-state index is 12.9. The van der Waals surface area contributed by atoms with Gasteiger partial charge in [-0.1, -0.05) is 11.8 Å². The molecule has 8 nitrogen and oxygen atoms in total. The van der Waals surface area contributed by atoms with Crippen molar-refractivity contribution in [3.05, 3.63) is 24.4 Å². The fourth-order valence-electron chi connectivity index (χ4n) is 3.95. The van der Waals surface area contributed by atoms with Crippen LogP contribution in [0.3, 0.4) is 0 Å². The Kier molecular flexibility index (Phi) is 6.20. The molecule has 1 aromatic carbocycles. The third-order valence-corrected chi connectivity index (χ3v) is 8.55. The Balaban J connectivity index is 1.50. The summed E-state index contributed by atoms with van der Waals surface area (Å²) in [5.41, 5.74) is 1.91. The molecule has 0 spiro atoms. The second-order valence-corrected chi connectivity index (χ2v) is 11.3. The van der Waals surface area contributed by atoms with E-state index >= 15 is 0 Å². The van der Waals surface area contributed by atoms with Gasteiger partial charge in [0.25, 0.3) is 0 Å². The molecule has 3 heterocycles. The summed E-state index contributed by atoms with van der Waals surface area (Å²) < 4.78 is 36.9. The van der Waals surface area contributed by atoms with Crippen LogP contribution in [-0.4, -0.2) is 71.8 Å². The Labute approximate surface area is 186 Å². The predicted octanol–water partition coefficient (Wildman–Crippen LogP) is 2.47. The number of benzene rings is 1. The molecule has 0 aliphatic carbocycles. The molecule has 4 rings (SSSR count). The zero-order valence-electron chi connectivity index (χ0n) is 17.9. The summed E-state index contributed by atoms with van der Waals surface area (Å²) in [6, 6.07) is 5.59. The third kappa shape index (κ3) is 4.55. The molecule has 0 bridgehead atoms. The minimum absolute atomic E-state index is 0.0461. The smallest absolute Gasteiger partial charge is 0.235 e. The molecule has 2 aromatic rings.